The van der Waals surface area contributed by atoms with Gasteiger partial charge >= 0.3 is 12.0 Å². The average molecular weight is 257 g/mol. The molecule has 0 aliphatic heterocycles. The number of nitrogens with one attached hydrogen (secondary N) is 1. The number of amides is 2. The van der Waals surface area contributed by atoms with E-state index in [2.05, 4.69) is 10.3 Å². The molecule has 0 spiro atoms. The highest BCUT2D eigenvalue weighted by Gasteiger charge is 2.17. The molecule has 0 fully saturated rings. The minimum atomic E-state index is -1.06. The fourth-order valence-electron chi connectivity index (χ4n) is 1.15. The molecule has 1 heterocycles. The summed E-state index contributed by atoms with van der Waals surface area (Å²) in [5.41, 5.74) is 0.799. The molecule has 1 aromatic rings. The molecule has 0 aromatic carbocycles. The Kier molecular flexibility index (Phi) is 4.45. The van der Waals surface area contributed by atoms with E-state index in [1.165, 1.54) is 23.2 Å². The molecule has 0 aliphatic carbocycles. The molecular formula is C10H15N3O3S. The van der Waals surface area contributed by atoms with E-state index in [1.807, 2.05) is 12.3 Å². The topological polar surface area (TPSA) is 82.5 Å². The molecule has 1 rings (SSSR count). The van der Waals surface area contributed by atoms with Crippen LogP contribution in [-0.4, -0.2) is 40.1 Å². The van der Waals surface area contributed by atoms with Gasteiger partial charge < -0.3 is 15.3 Å². The van der Waals surface area contributed by atoms with Gasteiger partial charge in [0.15, 0.2) is 0 Å². The summed E-state index contributed by atoms with van der Waals surface area (Å²) in [5.74, 6) is -1.06. The maximum Gasteiger partial charge on any atom is 0.325 e. The normalized spacial score (nSPS) is 11.9. The first-order valence-corrected chi connectivity index (χ1v) is 5.93. The van der Waals surface area contributed by atoms with Gasteiger partial charge in [0.25, 0.3) is 0 Å². The van der Waals surface area contributed by atoms with Crippen LogP contribution in [-0.2, 0) is 11.3 Å². The first kappa shape index (κ1) is 13.4. The summed E-state index contributed by atoms with van der Waals surface area (Å²) in [7, 11) is 1.60. The van der Waals surface area contributed by atoms with Crippen molar-refractivity contribution in [3.8, 4) is 0 Å². The summed E-state index contributed by atoms with van der Waals surface area (Å²) >= 11 is 1.51. The Morgan fingerprint density at radius 1 is 1.65 bits per heavy atom. The molecule has 0 radical (unpaired) electrons. The van der Waals surface area contributed by atoms with Gasteiger partial charge in [-0.2, -0.15) is 0 Å². The van der Waals surface area contributed by atoms with Gasteiger partial charge in [-0.05, 0) is 13.8 Å². The van der Waals surface area contributed by atoms with E-state index in [-0.39, 0.29) is 0 Å². The summed E-state index contributed by atoms with van der Waals surface area (Å²) in [6.07, 6.45) is 0. The van der Waals surface area contributed by atoms with Crippen molar-refractivity contribution in [2.24, 2.45) is 0 Å². The molecule has 0 aliphatic rings. The predicted molar refractivity (Wildman–Crippen MR) is 63.9 cm³/mol. The zero-order valence-corrected chi connectivity index (χ0v) is 10.7. The van der Waals surface area contributed by atoms with Crippen molar-refractivity contribution in [1.29, 1.82) is 0 Å². The molecule has 0 bridgehead atoms. The van der Waals surface area contributed by atoms with Crippen molar-refractivity contribution >= 4 is 23.3 Å². The summed E-state index contributed by atoms with van der Waals surface area (Å²) in [6, 6.07) is -1.33. The van der Waals surface area contributed by atoms with E-state index < -0.39 is 18.0 Å². The Bertz CT molecular complexity index is 419. The van der Waals surface area contributed by atoms with E-state index in [1.54, 1.807) is 7.05 Å². The number of nitrogens with zero attached hydrogens (tertiary/aromatic N) is 2. The number of aliphatic carboxylic acids is 1. The second kappa shape index (κ2) is 5.62. The van der Waals surface area contributed by atoms with Gasteiger partial charge in [-0.1, -0.05) is 0 Å². The maximum atomic E-state index is 11.6. The highest BCUT2D eigenvalue weighted by molar-refractivity contribution is 7.09. The van der Waals surface area contributed by atoms with Crippen LogP contribution in [0.5, 0.6) is 0 Å². The zero-order chi connectivity index (χ0) is 13.0. The molecule has 2 N–H and O–H groups in total. The van der Waals surface area contributed by atoms with Crippen molar-refractivity contribution in [2.45, 2.75) is 26.4 Å². The smallest absolute Gasteiger partial charge is 0.325 e. The van der Waals surface area contributed by atoms with Gasteiger partial charge in [0, 0.05) is 12.4 Å². The zero-order valence-electron chi connectivity index (χ0n) is 9.93. The molecule has 0 saturated carbocycles. The maximum absolute atomic E-state index is 11.6. The van der Waals surface area contributed by atoms with Crippen molar-refractivity contribution in [1.82, 2.24) is 15.2 Å². The Hall–Kier alpha value is -1.63. The SMILES string of the molecule is Cc1nc(CN(C)C(=O)N[C@H](C)C(=O)O)cs1. The predicted octanol–water partition coefficient (Wildman–Crippen LogP) is 1.07. The lowest BCUT2D eigenvalue weighted by molar-refractivity contribution is -0.138. The monoisotopic (exact) mass is 257 g/mol. The lowest BCUT2D eigenvalue weighted by atomic mass is 10.3. The second-order valence-electron chi connectivity index (χ2n) is 3.72. The lowest BCUT2D eigenvalue weighted by Crippen LogP contribution is -2.44. The quantitative estimate of drug-likeness (QED) is 0.845. The molecule has 7 heteroatoms. The number of rotatable bonds is 4. The molecule has 17 heavy (non-hydrogen) atoms. The summed E-state index contributed by atoms with van der Waals surface area (Å²) in [6.45, 7) is 3.67. The first-order chi connectivity index (χ1) is 7.90. The highest BCUT2D eigenvalue weighted by atomic mass is 32.1. The standard InChI is InChI=1S/C10H15N3O3S/c1-6(9(14)15)11-10(16)13(3)4-8-5-17-7(2)12-8/h5-6H,4H2,1-3H3,(H,11,16)(H,14,15)/t6-/m1/s1. The van der Waals surface area contributed by atoms with Crippen molar-refractivity contribution in [3.63, 3.8) is 0 Å². The Morgan fingerprint density at radius 2 is 2.29 bits per heavy atom. The molecule has 2 amide bonds. The Labute approximate surface area is 103 Å². The molecule has 0 unspecified atom stereocenters. The minimum absolute atomic E-state index is 0.364. The van der Waals surface area contributed by atoms with Crippen LogP contribution >= 0.6 is 11.3 Å². The third kappa shape index (κ3) is 4.03. The summed E-state index contributed by atoms with van der Waals surface area (Å²) in [4.78, 5) is 27.8. The Balaban J connectivity index is 2.50. The van der Waals surface area contributed by atoms with E-state index in [0.717, 1.165) is 10.7 Å². The van der Waals surface area contributed by atoms with Crippen LogP contribution in [0.15, 0.2) is 5.38 Å². The lowest BCUT2D eigenvalue weighted by Gasteiger charge is -2.18. The van der Waals surface area contributed by atoms with Gasteiger partial charge in [0.05, 0.1) is 17.2 Å². The van der Waals surface area contributed by atoms with Crippen molar-refractivity contribution in [3.05, 3.63) is 16.1 Å². The summed E-state index contributed by atoms with van der Waals surface area (Å²) in [5, 5.41) is 13.8. The number of hydrogen-bond donors (Lipinski definition) is 2. The van der Waals surface area contributed by atoms with E-state index >= 15 is 0 Å². The fourth-order valence-corrected chi connectivity index (χ4v) is 1.76. The van der Waals surface area contributed by atoms with Gasteiger partial charge in [-0.25, -0.2) is 9.78 Å². The van der Waals surface area contributed by atoms with Gasteiger partial charge in [-0.15, -0.1) is 11.3 Å². The van der Waals surface area contributed by atoms with Crippen LogP contribution < -0.4 is 5.32 Å². The molecule has 94 valence electrons. The van der Waals surface area contributed by atoms with Crippen LogP contribution in [0.25, 0.3) is 0 Å². The third-order valence-corrected chi connectivity index (χ3v) is 2.95. The number of urea groups is 1. The van der Waals surface area contributed by atoms with Crippen LogP contribution in [0, 0.1) is 6.92 Å². The van der Waals surface area contributed by atoms with Crippen LogP contribution in [0.2, 0.25) is 0 Å². The largest absolute Gasteiger partial charge is 0.480 e. The second-order valence-corrected chi connectivity index (χ2v) is 4.79. The van der Waals surface area contributed by atoms with Crippen LogP contribution in [0.3, 0.4) is 0 Å². The number of carbonyl (C=O) groups excluding carboxylic acids is 1. The number of carboxylic acid groups (broad SMARTS) is 1. The minimum Gasteiger partial charge on any atom is -0.480 e. The Morgan fingerprint density at radius 3 is 2.76 bits per heavy atom. The number of carbonyl (C=O) groups is 2. The molecular weight excluding hydrogens is 242 g/mol. The van der Waals surface area contributed by atoms with Crippen molar-refractivity contribution < 1.29 is 14.7 Å². The first-order valence-electron chi connectivity index (χ1n) is 5.05. The average Bonchev–Trinajstić information content (AvgIpc) is 2.63. The fraction of sp³-hybridized carbons (Fsp3) is 0.500. The highest BCUT2D eigenvalue weighted by Crippen LogP contribution is 2.09. The van der Waals surface area contributed by atoms with Gasteiger partial charge in [-0.3, -0.25) is 4.79 Å². The van der Waals surface area contributed by atoms with Gasteiger partial charge in [0.2, 0.25) is 0 Å². The van der Waals surface area contributed by atoms with Crippen LogP contribution in [0.4, 0.5) is 4.79 Å². The summed E-state index contributed by atoms with van der Waals surface area (Å²) < 4.78 is 0. The van der Waals surface area contributed by atoms with E-state index in [4.69, 9.17) is 5.11 Å². The number of aryl methyl sites for hydroxylation is 1. The number of thiazole rings is 1. The van der Waals surface area contributed by atoms with Crippen molar-refractivity contribution in [2.75, 3.05) is 7.05 Å². The number of carboxylic acids is 1. The number of hydrogen-bond acceptors (Lipinski definition) is 4. The third-order valence-electron chi connectivity index (χ3n) is 2.12. The van der Waals surface area contributed by atoms with Crippen LogP contribution in [0.1, 0.15) is 17.6 Å². The molecule has 1 atom stereocenters. The van der Waals surface area contributed by atoms with Gasteiger partial charge in [0.1, 0.15) is 6.04 Å². The number of aromatic nitrogens is 1. The molecule has 6 nitrogen and oxygen atoms in total. The van der Waals surface area contributed by atoms with E-state index in [9.17, 15) is 9.59 Å². The van der Waals surface area contributed by atoms with E-state index in [0.29, 0.717) is 6.54 Å². The molecule has 1 aromatic heterocycles. The molecule has 0 saturated heterocycles.